The highest BCUT2D eigenvalue weighted by atomic mass is 16.5. The molecule has 7 heteroatoms. The summed E-state index contributed by atoms with van der Waals surface area (Å²) in [5, 5.41) is 6.95. The third kappa shape index (κ3) is 16.4. The first-order valence-corrected chi connectivity index (χ1v) is 16.4. The molecule has 1 aliphatic heterocycles. The van der Waals surface area contributed by atoms with E-state index in [0.717, 1.165) is 58.2 Å². The molecule has 38 heavy (non-hydrogen) atoms. The minimum atomic E-state index is 0.697. The van der Waals surface area contributed by atoms with E-state index in [-0.39, 0.29) is 0 Å². The Morgan fingerprint density at radius 2 is 0.895 bits per heavy atom. The maximum absolute atomic E-state index is 5.53. The normalized spacial score (nSPS) is 13.7. The Hall–Kier alpha value is -1.63. The number of hydrogen-bond donors (Lipinski definition) is 2. The second kappa shape index (κ2) is 23.3. The molecular weight excluding hydrogens is 472 g/mol. The van der Waals surface area contributed by atoms with Crippen LogP contribution in [0.5, 0.6) is 0 Å². The number of anilines is 3. The van der Waals surface area contributed by atoms with Crippen LogP contribution in [0.15, 0.2) is 0 Å². The maximum Gasteiger partial charge on any atom is 0.232 e. The van der Waals surface area contributed by atoms with Crippen LogP contribution >= 0.6 is 0 Å². The van der Waals surface area contributed by atoms with Crippen molar-refractivity contribution in [1.29, 1.82) is 0 Å². The summed E-state index contributed by atoms with van der Waals surface area (Å²) >= 11 is 0. The lowest BCUT2D eigenvalue weighted by atomic mass is 10.1. The van der Waals surface area contributed by atoms with Crippen LogP contribution in [0.1, 0.15) is 142 Å². The number of unbranched alkanes of at least 4 members (excludes halogenated alkanes) is 18. The second-order valence-corrected chi connectivity index (χ2v) is 11.1. The summed E-state index contributed by atoms with van der Waals surface area (Å²) in [5.41, 5.74) is 0. The number of ether oxygens (including phenoxy) is 1. The molecule has 2 N–H and O–H groups in total. The van der Waals surface area contributed by atoms with Gasteiger partial charge in [0.05, 0.1) is 13.2 Å². The molecule has 1 aliphatic rings. The summed E-state index contributed by atoms with van der Waals surface area (Å²) in [6.07, 6.45) is 27.0. The zero-order chi connectivity index (χ0) is 26.9. The fourth-order valence-corrected chi connectivity index (χ4v) is 5.05. The molecule has 1 aromatic heterocycles. The molecule has 0 radical (unpaired) electrons. The van der Waals surface area contributed by atoms with Gasteiger partial charge in [0.25, 0.3) is 0 Å². The van der Waals surface area contributed by atoms with Crippen molar-refractivity contribution < 1.29 is 4.74 Å². The number of hydrogen-bond acceptors (Lipinski definition) is 7. The van der Waals surface area contributed by atoms with Gasteiger partial charge in [-0.05, 0) is 12.8 Å². The van der Waals surface area contributed by atoms with E-state index in [0.29, 0.717) is 11.9 Å². The lowest BCUT2D eigenvalue weighted by Crippen LogP contribution is -2.37. The van der Waals surface area contributed by atoms with Crippen LogP contribution in [0, 0.1) is 0 Å². The topological polar surface area (TPSA) is 75.2 Å². The van der Waals surface area contributed by atoms with Crippen molar-refractivity contribution in [3.05, 3.63) is 0 Å². The lowest BCUT2D eigenvalue weighted by molar-refractivity contribution is 0.122. The molecule has 7 nitrogen and oxygen atoms in total. The first kappa shape index (κ1) is 32.6. The number of morpholine rings is 1. The van der Waals surface area contributed by atoms with Crippen LogP contribution in [0.25, 0.3) is 0 Å². The Balaban J connectivity index is 1.65. The Morgan fingerprint density at radius 1 is 0.526 bits per heavy atom. The first-order chi connectivity index (χ1) is 18.8. The fraction of sp³-hybridized carbons (Fsp3) is 0.903. The first-order valence-electron chi connectivity index (χ1n) is 16.4. The zero-order valence-corrected chi connectivity index (χ0v) is 25.1. The van der Waals surface area contributed by atoms with Crippen molar-refractivity contribution >= 4 is 17.8 Å². The van der Waals surface area contributed by atoms with Gasteiger partial charge >= 0.3 is 0 Å². The van der Waals surface area contributed by atoms with Crippen molar-refractivity contribution in [2.24, 2.45) is 0 Å². The number of nitrogens with one attached hydrogen (secondary N) is 2. The van der Waals surface area contributed by atoms with Gasteiger partial charge in [-0.3, -0.25) is 0 Å². The van der Waals surface area contributed by atoms with Crippen molar-refractivity contribution in [2.75, 3.05) is 54.9 Å². The van der Waals surface area contributed by atoms with Crippen molar-refractivity contribution in [3.63, 3.8) is 0 Å². The number of aromatic nitrogens is 3. The van der Waals surface area contributed by atoms with Gasteiger partial charge in [-0.15, -0.1) is 0 Å². The third-order valence-corrected chi connectivity index (χ3v) is 7.54. The lowest BCUT2D eigenvalue weighted by Gasteiger charge is -2.27. The summed E-state index contributed by atoms with van der Waals surface area (Å²) in [6, 6.07) is 0. The van der Waals surface area contributed by atoms with Crippen molar-refractivity contribution in [3.8, 4) is 0 Å². The molecule has 0 amide bonds. The summed E-state index contributed by atoms with van der Waals surface area (Å²) < 4.78 is 5.53. The van der Waals surface area contributed by atoms with Gasteiger partial charge in [-0.2, -0.15) is 15.0 Å². The van der Waals surface area contributed by atoms with Crippen LogP contribution in [-0.4, -0.2) is 54.3 Å². The molecule has 0 unspecified atom stereocenters. The molecular formula is C31H60N6O. The predicted octanol–water partition coefficient (Wildman–Crippen LogP) is 8.37. The predicted molar refractivity (Wildman–Crippen MR) is 164 cm³/mol. The Labute approximate surface area is 234 Å². The summed E-state index contributed by atoms with van der Waals surface area (Å²) in [4.78, 5) is 16.4. The highest BCUT2D eigenvalue weighted by molar-refractivity contribution is 5.44. The molecule has 1 saturated heterocycles. The van der Waals surface area contributed by atoms with Crippen LogP contribution in [0.2, 0.25) is 0 Å². The molecule has 2 rings (SSSR count). The van der Waals surface area contributed by atoms with Gasteiger partial charge in [0.2, 0.25) is 17.8 Å². The Morgan fingerprint density at radius 3 is 1.29 bits per heavy atom. The van der Waals surface area contributed by atoms with E-state index in [1.54, 1.807) is 0 Å². The van der Waals surface area contributed by atoms with E-state index >= 15 is 0 Å². The summed E-state index contributed by atoms with van der Waals surface area (Å²) in [6.45, 7) is 9.53. The van der Waals surface area contributed by atoms with E-state index in [1.165, 1.54) is 116 Å². The van der Waals surface area contributed by atoms with Gasteiger partial charge in [0, 0.05) is 26.2 Å². The van der Waals surface area contributed by atoms with Gasteiger partial charge in [-0.25, -0.2) is 0 Å². The smallest absolute Gasteiger partial charge is 0.232 e. The van der Waals surface area contributed by atoms with Crippen LogP contribution in [0.4, 0.5) is 17.8 Å². The monoisotopic (exact) mass is 532 g/mol. The molecule has 0 aliphatic carbocycles. The minimum absolute atomic E-state index is 0.697. The number of rotatable bonds is 25. The van der Waals surface area contributed by atoms with Crippen molar-refractivity contribution in [1.82, 2.24) is 15.0 Å². The molecule has 2 heterocycles. The zero-order valence-electron chi connectivity index (χ0n) is 25.1. The van der Waals surface area contributed by atoms with Crippen LogP contribution in [-0.2, 0) is 4.74 Å². The molecule has 1 fully saturated rings. The molecule has 1 aromatic rings. The Kier molecular flexibility index (Phi) is 20.0. The van der Waals surface area contributed by atoms with E-state index < -0.39 is 0 Å². The molecule has 0 atom stereocenters. The molecule has 0 aromatic carbocycles. The van der Waals surface area contributed by atoms with E-state index in [4.69, 9.17) is 19.7 Å². The molecule has 0 spiro atoms. The average molecular weight is 533 g/mol. The average Bonchev–Trinajstić information content (AvgIpc) is 2.95. The largest absolute Gasteiger partial charge is 0.378 e. The number of nitrogens with zero attached hydrogens (tertiary/aromatic N) is 4. The SMILES string of the molecule is CCCCCCCCCCCCNc1nc(NCCCCCCCCCCCC)nc(N2CCOCC2)n1. The van der Waals surface area contributed by atoms with Gasteiger partial charge < -0.3 is 20.3 Å². The van der Waals surface area contributed by atoms with Gasteiger partial charge in [0.15, 0.2) is 0 Å². The second-order valence-electron chi connectivity index (χ2n) is 11.1. The maximum atomic E-state index is 5.53. The molecule has 220 valence electrons. The van der Waals surface area contributed by atoms with Crippen LogP contribution in [0.3, 0.4) is 0 Å². The minimum Gasteiger partial charge on any atom is -0.378 e. The summed E-state index contributed by atoms with van der Waals surface area (Å²) in [5.74, 6) is 2.16. The summed E-state index contributed by atoms with van der Waals surface area (Å²) in [7, 11) is 0. The molecule has 0 bridgehead atoms. The van der Waals surface area contributed by atoms with Crippen molar-refractivity contribution in [2.45, 2.75) is 142 Å². The quantitative estimate of drug-likeness (QED) is 0.122. The Bertz CT molecular complexity index is 624. The highest BCUT2D eigenvalue weighted by Gasteiger charge is 2.16. The van der Waals surface area contributed by atoms with Gasteiger partial charge in [0.1, 0.15) is 0 Å². The van der Waals surface area contributed by atoms with Crippen LogP contribution < -0.4 is 15.5 Å². The van der Waals surface area contributed by atoms with E-state index in [1.807, 2.05) is 0 Å². The standard InChI is InChI=1S/C31H60N6O/c1-3-5-7-9-11-13-15-17-19-21-23-32-29-34-30(36-31(35-29)37-25-27-38-28-26-37)33-24-22-20-18-16-14-12-10-8-6-4-2/h3-28H2,1-2H3,(H2,32,33,34,35,36). The van der Waals surface area contributed by atoms with Gasteiger partial charge in [-0.1, -0.05) is 129 Å². The van der Waals surface area contributed by atoms with E-state index in [9.17, 15) is 0 Å². The fourth-order valence-electron chi connectivity index (χ4n) is 5.05. The third-order valence-electron chi connectivity index (χ3n) is 7.54. The van der Waals surface area contributed by atoms with E-state index in [2.05, 4.69) is 29.4 Å². The highest BCUT2D eigenvalue weighted by Crippen LogP contribution is 2.16. The molecule has 0 saturated carbocycles.